The van der Waals surface area contributed by atoms with Crippen molar-refractivity contribution in [3.63, 3.8) is 0 Å². The number of hydrazone groups is 1. The molecule has 0 aliphatic heterocycles. The third kappa shape index (κ3) is 4.53. The number of methoxy groups -OCH3 is 1. The number of nitrogens with zero attached hydrogens (tertiary/aromatic N) is 1. The van der Waals surface area contributed by atoms with Crippen molar-refractivity contribution >= 4 is 28.8 Å². The maximum absolute atomic E-state index is 11.6. The molecule has 0 heterocycles. The van der Waals surface area contributed by atoms with Crippen molar-refractivity contribution in [3.05, 3.63) is 42.0 Å². The van der Waals surface area contributed by atoms with Crippen LogP contribution in [0.4, 0.5) is 0 Å². The number of aromatic hydroxyl groups is 1. The molecule has 7 heteroatoms. The van der Waals surface area contributed by atoms with Gasteiger partial charge in [-0.1, -0.05) is 30.3 Å². The van der Waals surface area contributed by atoms with Gasteiger partial charge in [0.2, 0.25) is 0 Å². The van der Waals surface area contributed by atoms with Gasteiger partial charge in [0.05, 0.1) is 6.21 Å². The molecule has 0 unspecified atom stereocenters. The Morgan fingerprint density at radius 1 is 1.21 bits per heavy atom. The molecule has 126 valence electrons. The van der Waals surface area contributed by atoms with E-state index in [1.165, 1.54) is 6.21 Å². The number of amides is 2. The van der Waals surface area contributed by atoms with E-state index in [0.717, 1.165) is 10.8 Å². The third-order valence-electron chi connectivity index (χ3n) is 3.32. The minimum Gasteiger partial charge on any atom is -0.507 e. The Morgan fingerprint density at radius 3 is 2.79 bits per heavy atom. The van der Waals surface area contributed by atoms with Gasteiger partial charge in [-0.25, -0.2) is 5.43 Å². The van der Waals surface area contributed by atoms with Crippen molar-refractivity contribution < 1.29 is 19.4 Å². The quantitative estimate of drug-likeness (QED) is 0.320. The lowest BCUT2D eigenvalue weighted by Crippen LogP contribution is -2.38. The molecule has 7 nitrogen and oxygen atoms in total. The predicted molar refractivity (Wildman–Crippen MR) is 90.9 cm³/mol. The number of hydrogen-bond donors (Lipinski definition) is 3. The average molecular weight is 329 g/mol. The van der Waals surface area contributed by atoms with Crippen molar-refractivity contribution in [2.75, 3.05) is 20.3 Å². The minimum atomic E-state index is -0.872. The van der Waals surface area contributed by atoms with Gasteiger partial charge in [0.25, 0.3) is 0 Å². The summed E-state index contributed by atoms with van der Waals surface area (Å²) >= 11 is 0. The molecule has 0 saturated heterocycles. The summed E-state index contributed by atoms with van der Waals surface area (Å²) in [5, 5.41) is 17.9. The van der Waals surface area contributed by atoms with E-state index in [0.29, 0.717) is 25.1 Å². The van der Waals surface area contributed by atoms with Crippen LogP contribution in [0.3, 0.4) is 0 Å². The Morgan fingerprint density at radius 2 is 2.00 bits per heavy atom. The van der Waals surface area contributed by atoms with Crippen LogP contribution in [-0.4, -0.2) is 43.4 Å². The van der Waals surface area contributed by atoms with Crippen LogP contribution in [0.2, 0.25) is 0 Å². The minimum absolute atomic E-state index is 0.0377. The summed E-state index contributed by atoms with van der Waals surface area (Å²) in [4.78, 5) is 23.2. The Bertz CT molecular complexity index is 759. The van der Waals surface area contributed by atoms with Crippen molar-refractivity contribution in [2.45, 2.75) is 6.42 Å². The number of carbonyl (C=O) groups excluding carboxylic acids is 2. The summed E-state index contributed by atoms with van der Waals surface area (Å²) in [6.45, 7) is 0.842. The maximum atomic E-state index is 11.6. The van der Waals surface area contributed by atoms with Crippen molar-refractivity contribution in [2.24, 2.45) is 5.10 Å². The van der Waals surface area contributed by atoms with Crippen LogP contribution in [0, 0.1) is 0 Å². The number of phenolic OH excluding ortho intramolecular Hbond substituents is 1. The van der Waals surface area contributed by atoms with E-state index in [1.807, 2.05) is 24.3 Å². The zero-order valence-corrected chi connectivity index (χ0v) is 13.3. The lowest BCUT2D eigenvalue weighted by atomic mass is 10.0. The van der Waals surface area contributed by atoms with Crippen LogP contribution in [-0.2, 0) is 14.3 Å². The van der Waals surface area contributed by atoms with Crippen LogP contribution < -0.4 is 10.7 Å². The van der Waals surface area contributed by atoms with E-state index in [-0.39, 0.29) is 5.75 Å². The highest BCUT2D eigenvalue weighted by molar-refractivity contribution is 6.35. The zero-order chi connectivity index (χ0) is 17.4. The highest BCUT2D eigenvalue weighted by atomic mass is 16.5. The van der Waals surface area contributed by atoms with Gasteiger partial charge in [-0.2, -0.15) is 5.10 Å². The second-order valence-electron chi connectivity index (χ2n) is 5.02. The zero-order valence-electron chi connectivity index (χ0n) is 13.3. The second kappa shape index (κ2) is 8.64. The monoisotopic (exact) mass is 329 g/mol. The molecule has 0 spiro atoms. The van der Waals surface area contributed by atoms with Crippen LogP contribution in [0.1, 0.15) is 12.0 Å². The van der Waals surface area contributed by atoms with E-state index >= 15 is 0 Å². The van der Waals surface area contributed by atoms with Gasteiger partial charge >= 0.3 is 11.8 Å². The number of nitrogens with one attached hydrogen (secondary N) is 2. The van der Waals surface area contributed by atoms with E-state index in [2.05, 4.69) is 15.8 Å². The molecular formula is C17H19N3O4. The molecule has 0 atom stereocenters. The van der Waals surface area contributed by atoms with Crippen LogP contribution >= 0.6 is 0 Å². The molecule has 2 aromatic carbocycles. The molecule has 3 N–H and O–H groups in total. The third-order valence-corrected chi connectivity index (χ3v) is 3.32. The van der Waals surface area contributed by atoms with Gasteiger partial charge in [-0.05, 0) is 23.3 Å². The molecule has 2 rings (SSSR count). The molecule has 0 aromatic heterocycles. The molecule has 0 aliphatic carbocycles. The first kappa shape index (κ1) is 17.4. The molecule has 0 saturated carbocycles. The number of ether oxygens (including phenoxy) is 1. The van der Waals surface area contributed by atoms with Gasteiger partial charge in [0.15, 0.2) is 0 Å². The number of benzene rings is 2. The topological polar surface area (TPSA) is 100 Å². The number of fused-ring (bicyclic) bond motifs is 1. The highest BCUT2D eigenvalue weighted by Crippen LogP contribution is 2.25. The largest absolute Gasteiger partial charge is 0.507 e. The second-order valence-corrected chi connectivity index (χ2v) is 5.02. The first-order valence-electron chi connectivity index (χ1n) is 7.44. The van der Waals surface area contributed by atoms with Gasteiger partial charge in [-0.15, -0.1) is 0 Å². The van der Waals surface area contributed by atoms with Crippen LogP contribution in [0.15, 0.2) is 41.5 Å². The SMILES string of the molecule is COCCCNC(=O)C(=O)NN=Cc1c(O)ccc2ccccc12. The molecule has 24 heavy (non-hydrogen) atoms. The van der Waals surface area contributed by atoms with Crippen LogP contribution in [0.5, 0.6) is 5.75 Å². The normalized spacial score (nSPS) is 10.9. The van der Waals surface area contributed by atoms with Gasteiger partial charge in [0.1, 0.15) is 5.75 Å². The Hall–Kier alpha value is -2.93. The Balaban J connectivity index is 1.98. The fraction of sp³-hybridized carbons (Fsp3) is 0.235. The molecule has 0 bridgehead atoms. The summed E-state index contributed by atoms with van der Waals surface area (Å²) in [6, 6.07) is 10.8. The first-order valence-corrected chi connectivity index (χ1v) is 7.44. The Labute approximate surface area is 139 Å². The average Bonchev–Trinajstić information content (AvgIpc) is 2.60. The fourth-order valence-electron chi connectivity index (χ4n) is 2.12. The summed E-state index contributed by atoms with van der Waals surface area (Å²) in [5.41, 5.74) is 2.61. The predicted octanol–water partition coefficient (Wildman–Crippen LogP) is 1.15. The number of rotatable bonds is 6. The number of carbonyl (C=O) groups is 2. The van der Waals surface area contributed by atoms with Gasteiger partial charge in [0, 0.05) is 25.8 Å². The Kier molecular flexibility index (Phi) is 6.27. The van der Waals surface area contributed by atoms with E-state index in [9.17, 15) is 14.7 Å². The summed E-state index contributed by atoms with van der Waals surface area (Å²) < 4.78 is 4.85. The lowest BCUT2D eigenvalue weighted by Gasteiger charge is -2.05. The molecular weight excluding hydrogens is 310 g/mol. The van der Waals surface area contributed by atoms with Crippen molar-refractivity contribution in [3.8, 4) is 5.75 Å². The number of phenols is 1. The summed E-state index contributed by atoms with van der Waals surface area (Å²) in [6.07, 6.45) is 1.93. The number of hydrogen-bond acceptors (Lipinski definition) is 5. The van der Waals surface area contributed by atoms with Crippen LogP contribution in [0.25, 0.3) is 10.8 Å². The molecule has 2 amide bonds. The van der Waals surface area contributed by atoms with Crippen molar-refractivity contribution in [1.82, 2.24) is 10.7 Å². The fourth-order valence-corrected chi connectivity index (χ4v) is 2.12. The molecule has 0 aliphatic rings. The van der Waals surface area contributed by atoms with E-state index in [4.69, 9.17) is 4.74 Å². The van der Waals surface area contributed by atoms with Gasteiger partial charge in [-0.3, -0.25) is 9.59 Å². The smallest absolute Gasteiger partial charge is 0.329 e. The summed E-state index contributed by atoms with van der Waals surface area (Å²) in [5.74, 6) is -1.61. The summed E-state index contributed by atoms with van der Waals surface area (Å²) in [7, 11) is 1.56. The van der Waals surface area contributed by atoms with E-state index < -0.39 is 11.8 Å². The standard InChI is InChI=1S/C17H19N3O4/c1-24-10-4-9-18-16(22)17(23)20-19-11-14-13-6-3-2-5-12(13)7-8-15(14)21/h2-3,5-8,11,21H,4,9-10H2,1H3,(H,18,22)(H,20,23). The maximum Gasteiger partial charge on any atom is 0.329 e. The van der Waals surface area contributed by atoms with Crippen molar-refractivity contribution in [1.29, 1.82) is 0 Å². The first-order chi connectivity index (χ1) is 11.6. The van der Waals surface area contributed by atoms with Gasteiger partial charge < -0.3 is 15.2 Å². The lowest BCUT2D eigenvalue weighted by molar-refractivity contribution is -0.139. The molecule has 0 fully saturated rings. The molecule has 2 aromatic rings. The highest BCUT2D eigenvalue weighted by Gasteiger charge is 2.11. The van der Waals surface area contributed by atoms with E-state index in [1.54, 1.807) is 19.2 Å². The molecule has 0 radical (unpaired) electrons.